The predicted molar refractivity (Wildman–Crippen MR) is 68.4 cm³/mol. The maximum Gasteiger partial charge on any atom is 0.161 e. The van der Waals surface area contributed by atoms with Gasteiger partial charge in [0.2, 0.25) is 0 Å². The van der Waals surface area contributed by atoms with Gasteiger partial charge in [0.05, 0.1) is 6.10 Å². The molecule has 2 unspecified atom stereocenters. The number of aliphatic hydroxyl groups is 1. The number of benzene rings is 1. The Morgan fingerprint density at radius 1 is 1.50 bits per heavy atom. The SMILES string of the molecule is CC(=O)c1cc(F)ccc1N1CCC(O)C(C)C1. The first kappa shape index (κ1) is 13.0. The highest BCUT2D eigenvalue weighted by Crippen LogP contribution is 2.27. The number of carbonyl (C=O) groups is 1. The van der Waals surface area contributed by atoms with Crippen molar-refractivity contribution in [3.05, 3.63) is 29.6 Å². The standard InChI is InChI=1S/C14H18FNO2/c1-9-8-16(6-5-14(9)18)13-4-3-11(15)7-12(13)10(2)17/h3-4,7,9,14,18H,5-6,8H2,1-2H3. The number of piperidine rings is 1. The van der Waals surface area contributed by atoms with Crippen LogP contribution in [0.5, 0.6) is 0 Å². The molecule has 0 aromatic heterocycles. The first-order chi connectivity index (χ1) is 8.49. The number of Topliss-reactive ketones (excluding diaryl/α,β-unsaturated/α-hetero) is 1. The normalized spacial score (nSPS) is 24.1. The number of carbonyl (C=O) groups excluding carboxylic acids is 1. The largest absolute Gasteiger partial charge is 0.393 e. The monoisotopic (exact) mass is 251 g/mol. The van der Waals surface area contributed by atoms with E-state index in [0.717, 1.165) is 5.69 Å². The number of aliphatic hydroxyl groups excluding tert-OH is 1. The van der Waals surface area contributed by atoms with Gasteiger partial charge in [-0.25, -0.2) is 4.39 Å². The van der Waals surface area contributed by atoms with Gasteiger partial charge in [-0.2, -0.15) is 0 Å². The van der Waals surface area contributed by atoms with Crippen LogP contribution in [0.2, 0.25) is 0 Å². The summed E-state index contributed by atoms with van der Waals surface area (Å²) in [5.41, 5.74) is 1.18. The molecule has 98 valence electrons. The molecule has 1 N–H and O–H groups in total. The van der Waals surface area contributed by atoms with Crippen molar-refractivity contribution < 1.29 is 14.3 Å². The van der Waals surface area contributed by atoms with Crippen LogP contribution >= 0.6 is 0 Å². The van der Waals surface area contributed by atoms with Crippen LogP contribution < -0.4 is 4.90 Å². The van der Waals surface area contributed by atoms with Crippen molar-refractivity contribution in [1.29, 1.82) is 0 Å². The fourth-order valence-corrected chi connectivity index (χ4v) is 2.42. The number of hydrogen-bond acceptors (Lipinski definition) is 3. The third-order valence-corrected chi connectivity index (χ3v) is 3.54. The maximum atomic E-state index is 13.2. The molecule has 0 radical (unpaired) electrons. The number of hydrogen-bond donors (Lipinski definition) is 1. The molecule has 1 saturated heterocycles. The zero-order chi connectivity index (χ0) is 13.3. The van der Waals surface area contributed by atoms with Gasteiger partial charge in [0, 0.05) is 24.3 Å². The molecule has 1 heterocycles. The molecule has 4 heteroatoms. The Labute approximate surface area is 106 Å². The van der Waals surface area contributed by atoms with E-state index in [1.165, 1.54) is 19.1 Å². The molecule has 0 spiro atoms. The molecule has 1 aliphatic heterocycles. The lowest BCUT2D eigenvalue weighted by molar-refractivity contribution is 0.0967. The molecule has 18 heavy (non-hydrogen) atoms. The van der Waals surface area contributed by atoms with Crippen LogP contribution in [-0.2, 0) is 0 Å². The fraction of sp³-hybridized carbons (Fsp3) is 0.500. The minimum atomic E-state index is -0.394. The molecule has 1 aliphatic rings. The lowest BCUT2D eigenvalue weighted by atomic mass is 9.95. The van der Waals surface area contributed by atoms with Crippen LogP contribution in [0.1, 0.15) is 30.6 Å². The van der Waals surface area contributed by atoms with Crippen molar-refractivity contribution in [1.82, 2.24) is 0 Å². The maximum absolute atomic E-state index is 13.2. The van der Waals surface area contributed by atoms with E-state index >= 15 is 0 Å². The van der Waals surface area contributed by atoms with Crippen LogP contribution in [0.4, 0.5) is 10.1 Å². The van der Waals surface area contributed by atoms with E-state index in [2.05, 4.69) is 0 Å². The molecule has 1 aromatic carbocycles. The summed E-state index contributed by atoms with van der Waals surface area (Å²) in [5.74, 6) is -0.374. The Bertz CT molecular complexity index is 461. The molecule has 0 amide bonds. The molecule has 3 nitrogen and oxygen atoms in total. The number of ketones is 1. The Hall–Kier alpha value is -1.42. The van der Waals surface area contributed by atoms with Gasteiger partial charge >= 0.3 is 0 Å². The summed E-state index contributed by atoms with van der Waals surface area (Å²) in [6.07, 6.45) is 0.387. The average Bonchev–Trinajstić information content (AvgIpc) is 2.32. The molecule has 1 fully saturated rings. The zero-order valence-corrected chi connectivity index (χ0v) is 10.7. The number of anilines is 1. The van der Waals surface area contributed by atoms with E-state index in [0.29, 0.717) is 25.1 Å². The van der Waals surface area contributed by atoms with Crippen LogP contribution in [0, 0.1) is 11.7 Å². The van der Waals surface area contributed by atoms with Crippen molar-refractivity contribution in [2.24, 2.45) is 5.92 Å². The van der Waals surface area contributed by atoms with Crippen LogP contribution in [-0.4, -0.2) is 30.1 Å². The highest BCUT2D eigenvalue weighted by Gasteiger charge is 2.26. The molecule has 2 rings (SSSR count). The van der Waals surface area contributed by atoms with Crippen molar-refractivity contribution in [3.63, 3.8) is 0 Å². The van der Waals surface area contributed by atoms with Crippen LogP contribution in [0.25, 0.3) is 0 Å². The van der Waals surface area contributed by atoms with Gasteiger partial charge in [0.15, 0.2) is 5.78 Å². The summed E-state index contributed by atoms with van der Waals surface area (Å²) in [5, 5.41) is 9.71. The summed E-state index contributed by atoms with van der Waals surface area (Å²) >= 11 is 0. The Kier molecular flexibility index (Phi) is 3.66. The Balaban J connectivity index is 2.30. The van der Waals surface area contributed by atoms with Gasteiger partial charge in [0.1, 0.15) is 5.82 Å². The second-order valence-electron chi connectivity index (χ2n) is 5.00. The highest BCUT2D eigenvalue weighted by molar-refractivity contribution is 5.99. The Morgan fingerprint density at radius 2 is 2.22 bits per heavy atom. The summed E-state index contributed by atoms with van der Waals surface area (Å²) in [7, 11) is 0. The van der Waals surface area contributed by atoms with E-state index < -0.39 is 5.82 Å². The summed E-state index contributed by atoms with van der Waals surface area (Å²) in [6, 6.07) is 4.31. The quantitative estimate of drug-likeness (QED) is 0.819. The van der Waals surface area contributed by atoms with Gasteiger partial charge in [-0.15, -0.1) is 0 Å². The summed E-state index contributed by atoms with van der Waals surface area (Å²) in [4.78, 5) is 13.6. The lowest BCUT2D eigenvalue weighted by Crippen LogP contribution is -2.42. The second kappa shape index (κ2) is 5.06. The topological polar surface area (TPSA) is 40.5 Å². The van der Waals surface area contributed by atoms with E-state index in [4.69, 9.17) is 0 Å². The first-order valence-electron chi connectivity index (χ1n) is 6.22. The van der Waals surface area contributed by atoms with E-state index in [-0.39, 0.29) is 17.8 Å². The number of halogens is 1. The minimum absolute atomic E-state index is 0.136. The van der Waals surface area contributed by atoms with Gasteiger partial charge in [-0.3, -0.25) is 4.79 Å². The highest BCUT2D eigenvalue weighted by atomic mass is 19.1. The fourth-order valence-electron chi connectivity index (χ4n) is 2.42. The minimum Gasteiger partial charge on any atom is -0.393 e. The molecule has 1 aromatic rings. The zero-order valence-electron chi connectivity index (χ0n) is 10.7. The number of nitrogens with zero attached hydrogens (tertiary/aromatic N) is 1. The number of rotatable bonds is 2. The van der Waals surface area contributed by atoms with Crippen LogP contribution in [0.15, 0.2) is 18.2 Å². The van der Waals surface area contributed by atoms with Crippen molar-refractivity contribution in [2.75, 3.05) is 18.0 Å². The molecule has 2 atom stereocenters. The molecular weight excluding hydrogens is 233 g/mol. The van der Waals surface area contributed by atoms with E-state index in [9.17, 15) is 14.3 Å². The summed E-state index contributed by atoms with van der Waals surface area (Å²) in [6.45, 7) is 4.80. The molecule has 0 bridgehead atoms. The smallest absolute Gasteiger partial charge is 0.161 e. The second-order valence-corrected chi connectivity index (χ2v) is 5.00. The summed E-state index contributed by atoms with van der Waals surface area (Å²) < 4.78 is 13.2. The van der Waals surface area contributed by atoms with E-state index in [1.807, 2.05) is 11.8 Å². The third-order valence-electron chi connectivity index (χ3n) is 3.54. The molecule has 0 aliphatic carbocycles. The lowest BCUT2D eigenvalue weighted by Gasteiger charge is -2.36. The van der Waals surface area contributed by atoms with Gasteiger partial charge < -0.3 is 10.0 Å². The van der Waals surface area contributed by atoms with Crippen LogP contribution in [0.3, 0.4) is 0 Å². The molecular formula is C14H18FNO2. The van der Waals surface area contributed by atoms with Crippen molar-refractivity contribution in [2.45, 2.75) is 26.4 Å². The van der Waals surface area contributed by atoms with Gasteiger partial charge in [0.25, 0.3) is 0 Å². The van der Waals surface area contributed by atoms with Crippen molar-refractivity contribution in [3.8, 4) is 0 Å². The van der Waals surface area contributed by atoms with Gasteiger partial charge in [-0.05, 0) is 37.5 Å². The molecule has 0 saturated carbocycles. The van der Waals surface area contributed by atoms with Crippen molar-refractivity contribution >= 4 is 11.5 Å². The predicted octanol–water partition coefficient (Wildman–Crippen LogP) is 2.24. The average molecular weight is 251 g/mol. The third kappa shape index (κ3) is 2.53. The van der Waals surface area contributed by atoms with Gasteiger partial charge in [-0.1, -0.05) is 6.92 Å². The first-order valence-corrected chi connectivity index (χ1v) is 6.22. The van der Waals surface area contributed by atoms with E-state index in [1.54, 1.807) is 6.07 Å². The Morgan fingerprint density at radius 3 is 2.83 bits per heavy atom.